The Labute approximate surface area is 128 Å². The standard InChI is InChI=1S/C15H21N3O2S/c1-15(2,3)10-14(20)16-13-9-11(12-5-4-8-21-12)17-18(13)6-7-19/h4-5,8-9,19H,6-7,10H2,1-3H3,(H,16,20). The molecule has 2 heterocycles. The maximum Gasteiger partial charge on any atom is 0.226 e. The van der Waals surface area contributed by atoms with Crippen molar-refractivity contribution < 1.29 is 9.90 Å². The number of aliphatic hydroxyl groups excluding tert-OH is 1. The first-order valence-corrected chi connectivity index (χ1v) is 7.79. The van der Waals surface area contributed by atoms with E-state index in [1.807, 2.05) is 44.4 Å². The fourth-order valence-corrected chi connectivity index (χ4v) is 2.68. The third-order valence-electron chi connectivity index (χ3n) is 2.82. The summed E-state index contributed by atoms with van der Waals surface area (Å²) in [5, 5.41) is 18.5. The zero-order valence-corrected chi connectivity index (χ0v) is 13.4. The molecule has 0 aliphatic rings. The van der Waals surface area contributed by atoms with Crippen molar-refractivity contribution in [2.45, 2.75) is 33.7 Å². The van der Waals surface area contributed by atoms with Gasteiger partial charge >= 0.3 is 0 Å². The predicted molar refractivity (Wildman–Crippen MR) is 85.3 cm³/mol. The van der Waals surface area contributed by atoms with Crippen LogP contribution in [0, 0.1) is 5.41 Å². The van der Waals surface area contributed by atoms with Gasteiger partial charge in [0.2, 0.25) is 5.91 Å². The molecule has 2 aromatic heterocycles. The van der Waals surface area contributed by atoms with Crippen molar-refractivity contribution in [1.29, 1.82) is 0 Å². The van der Waals surface area contributed by atoms with E-state index in [0.717, 1.165) is 10.6 Å². The lowest BCUT2D eigenvalue weighted by atomic mass is 9.92. The number of thiophene rings is 1. The molecule has 2 N–H and O–H groups in total. The van der Waals surface area contributed by atoms with Gasteiger partial charge in [0.05, 0.1) is 18.0 Å². The van der Waals surface area contributed by atoms with Gasteiger partial charge in [0.1, 0.15) is 11.5 Å². The molecule has 0 aliphatic carbocycles. The van der Waals surface area contributed by atoms with Gasteiger partial charge in [0, 0.05) is 12.5 Å². The van der Waals surface area contributed by atoms with Crippen LogP contribution in [0.15, 0.2) is 23.6 Å². The van der Waals surface area contributed by atoms with Gasteiger partial charge in [-0.1, -0.05) is 26.8 Å². The van der Waals surface area contributed by atoms with Crippen LogP contribution in [0.3, 0.4) is 0 Å². The summed E-state index contributed by atoms with van der Waals surface area (Å²) in [5.74, 6) is 0.584. The number of nitrogens with one attached hydrogen (secondary N) is 1. The Morgan fingerprint density at radius 1 is 1.48 bits per heavy atom. The van der Waals surface area contributed by atoms with Crippen LogP contribution in [0.1, 0.15) is 27.2 Å². The summed E-state index contributed by atoms with van der Waals surface area (Å²) in [6.07, 6.45) is 0.436. The van der Waals surface area contributed by atoms with Gasteiger partial charge in [0.25, 0.3) is 0 Å². The molecule has 0 unspecified atom stereocenters. The van der Waals surface area contributed by atoms with Gasteiger partial charge in [-0.2, -0.15) is 5.10 Å². The number of aromatic nitrogens is 2. The average molecular weight is 307 g/mol. The Morgan fingerprint density at radius 2 is 2.24 bits per heavy atom. The fraction of sp³-hybridized carbons (Fsp3) is 0.467. The van der Waals surface area contributed by atoms with Gasteiger partial charge in [-0.15, -0.1) is 11.3 Å². The second kappa shape index (κ2) is 6.41. The molecule has 21 heavy (non-hydrogen) atoms. The molecular weight excluding hydrogens is 286 g/mol. The molecule has 0 aliphatic heterocycles. The number of amides is 1. The average Bonchev–Trinajstić information content (AvgIpc) is 2.97. The van der Waals surface area contributed by atoms with Crippen molar-refractivity contribution in [2.75, 3.05) is 11.9 Å². The van der Waals surface area contributed by atoms with E-state index in [-0.39, 0.29) is 17.9 Å². The Morgan fingerprint density at radius 3 is 2.81 bits per heavy atom. The lowest BCUT2D eigenvalue weighted by Crippen LogP contribution is -2.21. The maximum atomic E-state index is 12.1. The maximum absolute atomic E-state index is 12.1. The third-order valence-corrected chi connectivity index (χ3v) is 3.72. The second-order valence-electron chi connectivity index (χ2n) is 6.12. The van der Waals surface area contributed by atoms with Gasteiger partial charge in [-0.25, -0.2) is 4.68 Å². The van der Waals surface area contributed by atoms with E-state index < -0.39 is 0 Å². The van der Waals surface area contributed by atoms with Crippen LogP contribution in [0.25, 0.3) is 10.6 Å². The lowest BCUT2D eigenvalue weighted by molar-refractivity contribution is -0.117. The van der Waals surface area contributed by atoms with Crippen LogP contribution < -0.4 is 5.32 Å². The summed E-state index contributed by atoms with van der Waals surface area (Å²) in [6.45, 7) is 6.41. The van der Waals surface area contributed by atoms with E-state index in [9.17, 15) is 4.79 Å². The molecule has 6 heteroatoms. The second-order valence-corrected chi connectivity index (χ2v) is 7.07. The highest BCUT2D eigenvalue weighted by atomic mass is 32.1. The largest absolute Gasteiger partial charge is 0.394 e. The predicted octanol–water partition coefficient (Wildman–Crippen LogP) is 2.98. The summed E-state index contributed by atoms with van der Waals surface area (Å²) in [5.41, 5.74) is 0.743. The highest BCUT2D eigenvalue weighted by Crippen LogP contribution is 2.27. The summed E-state index contributed by atoms with van der Waals surface area (Å²) >= 11 is 1.59. The fourth-order valence-electron chi connectivity index (χ4n) is 2.00. The number of hydrogen-bond donors (Lipinski definition) is 2. The Bertz CT molecular complexity index is 597. The molecule has 0 radical (unpaired) electrons. The van der Waals surface area contributed by atoms with Crippen LogP contribution in [-0.2, 0) is 11.3 Å². The van der Waals surface area contributed by atoms with E-state index in [1.165, 1.54) is 0 Å². The number of rotatable bonds is 5. The zero-order valence-electron chi connectivity index (χ0n) is 12.6. The minimum absolute atomic E-state index is 0.0201. The van der Waals surface area contributed by atoms with Crippen LogP contribution >= 0.6 is 11.3 Å². The molecule has 0 fully saturated rings. The van der Waals surface area contributed by atoms with Gasteiger partial charge in [-0.05, 0) is 16.9 Å². The van der Waals surface area contributed by atoms with Gasteiger partial charge in [0.15, 0.2) is 0 Å². The number of hydrogen-bond acceptors (Lipinski definition) is 4. The summed E-state index contributed by atoms with van der Waals surface area (Å²) < 4.78 is 1.63. The monoisotopic (exact) mass is 307 g/mol. The molecule has 0 aromatic carbocycles. The molecule has 1 amide bonds. The smallest absolute Gasteiger partial charge is 0.226 e. The first-order valence-electron chi connectivity index (χ1n) is 6.91. The summed E-state index contributed by atoms with van der Waals surface area (Å²) in [4.78, 5) is 13.1. The first kappa shape index (κ1) is 15.7. The quantitative estimate of drug-likeness (QED) is 0.892. The van der Waals surface area contributed by atoms with Crippen molar-refractivity contribution in [3.63, 3.8) is 0 Å². The van der Waals surface area contributed by atoms with Crippen LogP contribution in [0.4, 0.5) is 5.82 Å². The molecule has 0 saturated heterocycles. The van der Waals surface area contributed by atoms with E-state index in [4.69, 9.17) is 5.11 Å². The number of carbonyl (C=O) groups excluding carboxylic acids is 1. The molecule has 0 bridgehead atoms. The molecule has 5 nitrogen and oxygen atoms in total. The normalized spacial score (nSPS) is 11.6. The van der Waals surface area contributed by atoms with Crippen molar-refractivity contribution in [2.24, 2.45) is 5.41 Å². The van der Waals surface area contributed by atoms with Crippen molar-refractivity contribution in [3.05, 3.63) is 23.6 Å². The van der Waals surface area contributed by atoms with E-state index >= 15 is 0 Å². The van der Waals surface area contributed by atoms with Crippen molar-refractivity contribution >= 4 is 23.1 Å². The van der Waals surface area contributed by atoms with Crippen LogP contribution in [0.2, 0.25) is 0 Å². The molecule has 2 aromatic rings. The highest BCUT2D eigenvalue weighted by molar-refractivity contribution is 7.13. The summed E-state index contributed by atoms with van der Waals surface area (Å²) in [6, 6.07) is 5.79. The molecular formula is C15H21N3O2S. The SMILES string of the molecule is CC(C)(C)CC(=O)Nc1cc(-c2cccs2)nn1CCO. The van der Waals surface area contributed by atoms with Gasteiger partial charge < -0.3 is 10.4 Å². The number of aliphatic hydroxyl groups is 1. The van der Waals surface area contributed by atoms with Crippen molar-refractivity contribution in [1.82, 2.24) is 9.78 Å². The molecule has 114 valence electrons. The van der Waals surface area contributed by atoms with E-state index in [1.54, 1.807) is 16.0 Å². The minimum atomic E-state index is -0.0670. The number of carbonyl (C=O) groups is 1. The minimum Gasteiger partial charge on any atom is -0.394 e. The molecule has 2 rings (SSSR count). The topological polar surface area (TPSA) is 67.2 Å². The first-order chi connectivity index (χ1) is 9.89. The summed E-state index contributed by atoms with van der Waals surface area (Å²) in [7, 11) is 0. The van der Waals surface area contributed by atoms with Gasteiger partial charge in [-0.3, -0.25) is 4.79 Å². The molecule has 0 spiro atoms. The van der Waals surface area contributed by atoms with Crippen LogP contribution in [-0.4, -0.2) is 27.4 Å². The molecule has 0 atom stereocenters. The number of anilines is 1. The Balaban J connectivity index is 2.19. The number of nitrogens with zero attached hydrogens (tertiary/aromatic N) is 2. The Hall–Kier alpha value is -1.66. The zero-order chi connectivity index (χ0) is 15.5. The van der Waals surface area contributed by atoms with E-state index in [2.05, 4.69) is 10.4 Å². The van der Waals surface area contributed by atoms with Crippen LogP contribution in [0.5, 0.6) is 0 Å². The Kier molecular flexibility index (Phi) is 4.80. The molecule has 0 saturated carbocycles. The van der Waals surface area contributed by atoms with E-state index in [0.29, 0.717) is 18.8 Å². The van der Waals surface area contributed by atoms with Crippen molar-refractivity contribution in [3.8, 4) is 10.6 Å². The lowest BCUT2D eigenvalue weighted by Gasteiger charge is -2.17. The highest BCUT2D eigenvalue weighted by Gasteiger charge is 2.18. The third kappa shape index (κ3) is 4.41.